The lowest BCUT2D eigenvalue weighted by Gasteiger charge is -2.39. The zero-order valence-corrected chi connectivity index (χ0v) is 12.6. The van der Waals surface area contributed by atoms with Crippen LogP contribution in [0.25, 0.3) is 0 Å². The van der Waals surface area contributed by atoms with Crippen LogP contribution in [0.2, 0.25) is 0 Å². The van der Waals surface area contributed by atoms with Gasteiger partial charge in [-0.1, -0.05) is 24.8 Å². The molecule has 1 aliphatic rings. The minimum absolute atomic E-state index is 0.156. The van der Waals surface area contributed by atoms with Gasteiger partial charge < -0.3 is 15.2 Å². The number of ether oxygens (including phenoxy) is 2. The molecule has 0 bridgehead atoms. The zero-order valence-electron chi connectivity index (χ0n) is 12.6. The van der Waals surface area contributed by atoms with E-state index in [0.717, 1.165) is 5.56 Å². The van der Waals surface area contributed by atoms with E-state index < -0.39 is 12.1 Å². The maximum atomic E-state index is 11.5. The van der Waals surface area contributed by atoms with E-state index in [-0.39, 0.29) is 37.9 Å². The van der Waals surface area contributed by atoms with Gasteiger partial charge >= 0.3 is 5.97 Å². The summed E-state index contributed by atoms with van der Waals surface area (Å²) in [5.41, 5.74) is 5.87. The summed E-state index contributed by atoms with van der Waals surface area (Å²) in [4.78, 5) is 35.1. The summed E-state index contributed by atoms with van der Waals surface area (Å²) < 4.78 is 10.5. The van der Waals surface area contributed by atoms with Crippen molar-refractivity contribution in [2.75, 3.05) is 13.2 Å². The third-order valence-corrected chi connectivity index (χ3v) is 3.25. The van der Waals surface area contributed by atoms with Crippen molar-refractivity contribution in [2.45, 2.75) is 19.1 Å². The molecule has 1 aromatic carbocycles. The van der Waals surface area contributed by atoms with Crippen LogP contribution >= 0.6 is 0 Å². The number of benzene rings is 1. The maximum Gasteiger partial charge on any atom is 0.310 e. The first kappa shape index (κ1) is 16.5. The van der Waals surface area contributed by atoms with Crippen molar-refractivity contribution < 1.29 is 23.9 Å². The van der Waals surface area contributed by atoms with Gasteiger partial charge in [-0.2, -0.15) is 0 Å². The summed E-state index contributed by atoms with van der Waals surface area (Å²) in [5, 5.41) is 0. The van der Waals surface area contributed by atoms with Crippen molar-refractivity contribution in [1.29, 1.82) is 0 Å². The molecule has 0 aliphatic carbocycles. The summed E-state index contributed by atoms with van der Waals surface area (Å²) in [6, 6.07) is 6.87. The van der Waals surface area contributed by atoms with Gasteiger partial charge in [-0.15, -0.1) is 0 Å². The molecule has 1 atom stereocenters. The first-order chi connectivity index (χ1) is 11.0. The average molecular weight is 318 g/mol. The molecule has 1 saturated heterocycles. The molecule has 0 spiro atoms. The molecular weight excluding hydrogens is 300 g/mol. The number of nitrogens with zero attached hydrogens (tertiary/aromatic N) is 1. The van der Waals surface area contributed by atoms with E-state index in [9.17, 15) is 14.4 Å². The fourth-order valence-corrected chi connectivity index (χ4v) is 2.10. The molecule has 7 heteroatoms. The summed E-state index contributed by atoms with van der Waals surface area (Å²) in [6.07, 6.45) is 1.39. The van der Waals surface area contributed by atoms with Crippen LogP contribution in [0.5, 0.6) is 5.75 Å². The van der Waals surface area contributed by atoms with E-state index in [4.69, 9.17) is 15.2 Å². The van der Waals surface area contributed by atoms with Crippen LogP contribution in [-0.2, 0) is 25.5 Å². The van der Waals surface area contributed by atoms with E-state index >= 15 is 0 Å². The number of carbonyl (C=O) groups excluding carboxylic acids is 3. The number of carbonyl (C=O) groups is 3. The van der Waals surface area contributed by atoms with E-state index in [2.05, 4.69) is 6.58 Å². The molecule has 1 fully saturated rings. The Morgan fingerprint density at radius 3 is 2.61 bits per heavy atom. The highest BCUT2D eigenvalue weighted by molar-refractivity contribution is 5.88. The molecule has 1 heterocycles. The number of likely N-dealkylation sites (tertiary alicyclic amines) is 1. The van der Waals surface area contributed by atoms with Crippen LogP contribution in [-0.4, -0.2) is 42.1 Å². The number of rotatable bonds is 8. The SMILES string of the molecule is C=CCOC(=O)Cc1ccc(OC2CC(=O)N2CC(N)=O)cc1. The van der Waals surface area contributed by atoms with Gasteiger partial charge in [0, 0.05) is 0 Å². The summed E-state index contributed by atoms with van der Waals surface area (Å²) in [5.74, 6) is -0.550. The number of amides is 2. The van der Waals surface area contributed by atoms with Gasteiger partial charge in [0.25, 0.3) is 0 Å². The van der Waals surface area contributed by atoms with Crippen molar-refractivity contribution in [3.05, 3.63) is 42.5 Å². The second kappa shape index (κ2) is 7.44. The number of hydrogen-bond acceptors (Lipinski definition) is 5. The van der Waals surface area contributed by atoms with Crippen LogP contribution in [0.3, 0.4) is 0 Å². The molecule has 7 nitrogen and oxygen atoms in total. The Kier molecular flexibility index (Phi) is 5.35. The number of nitrogens with two attached hydrogens (primary N) is 1. The first-order valence-corrected chi connectivity index (χ1v) is 7.09. The van der Waals surface area contributed by atoms with Gasteiger partial charge in [-0.25, -0.2) is 0 Å². The normalized spacial score (nSPS) is 16.4. The Bertz CT molecular complexity index is 611. The van der Waals surface area contributed by atoms with Crippen LogP contribution in [0.15, 0.2) is 36.9 Å². The third-order valence-electron chi connectivity index (χ3n) is 3.25. The Morgan fingerprint density at radius 2 is 2.04 bits per heavy atom. The number of esters is 1. The van der Waals surface area contributed by atoms with Gasteiger partial charge in [-0.3, -0.25) is 19.3 Å². The predicted molar refractivity (Wildman–Crippen MR) is 81.2 cm³/mol. The van der Waals surface area contributed by atoms with Crippen LogP contribution < -0.4 is 10.5 Å². The van der Waals surface area contributed by atoms with Crippen LogP contribution in [0.4, 0.5) is 0 Å². The van der Waals surface area contributed by atoms with Gasteiger partial charge in [0.05, 0.1) is 12.8 Å². The fraction of sp³-hybridized carbons (Fsp3) is 0.312. The van der Waals surface area contributed by atoms with Crippen molar-refractivity contribution in [3.8, 4) is 5.75 Å². The lowest BCUT2D eigenvalue weighted by atomic mass is 10.1. The van der Waals surface area contributed by atoms with Crippen LogP contribution in [0, 0.1) is 0 Å². The molecular formula is C16H18N2O5. The number of hydrogen-bond donors (Lipinski definition) is 1. The highest BCUT2D eigenvalue weighted by Gasteiger charge is 2.38. The molecule has 0 saturated carbocycles. The Labute approximate surface area is 133 Å². The van der Waals surface area contributed by atoms with Crippen LogP contribution in [0.1, 0.15) is 12.0 Å². The second-order valence-electron chi connectivity index (χ2n) is 5.06. The minimum Gasteiger partial charge on any atom is -0.470 e. The number of primary amides is 1. The maximum absolute atomic E-state index is 11.5. The monoisotopic (exact) mass is 318 g/mol. The zero-order chi connectivity index (χ0) is 16.8. The molecule has 1 aliphatic heterocycles. The molecule has 0 aromatic heterocycles. The largest absolute Gasteiger partial charge is 0.470 e. The fourth-order valence-electron chi connectivity index (χ4n) is 2.10. The number of β-lactam (4-membered cyclic amide) rings is 1. The Hall–Kier alpha value is -2.83. The molecule has 23 heavy (non-hydrogen) atoms. The van der Waals surface area contributed by atoms with Gasteiger partial charge in [0.1, 0.15) is 18.9 Å². The smallest absolute Gasteiger partial charge is 0.310 e. The minimum atomic E-state index is -0.583. The van der Waals surface area contributed by atoms with Crippen molar-refractivity contribution in [1.82, 2.24) is 4.90 Å². The molecule has 1 aromatic rings. The van der Waals surface area contributed by atoms with E-state index in [0.29, 0.717) is 5.75 Å². The highest BCUT2D eigenvalue weighted by atomic mass is 16.5. The van der Waals surface area contributed by atoms with Crippen molar-refractivity contribution in [3.63, 3.8) is 0 Å². The molecule has 2 amide bonds. The average Bonchev–Trinajstić information content (AvgIpc) is 2.52. The van der Waals surface area contributed by atoms with E-state index in [1.54, 1.807) is 24.3 Å². The molecule has 122 valence electrons. The van der Waals surface area contributed by atoms with E-state index in [1.165, 1.54) is 11.0 Å². The predicted octanol–water partition coefficient (Wildman–Crippen LogP) is 0.381. The highest BCUT2D eigenvalue weighted by Crippen LogP contribution is 2.23. The quantitative estimate of drug-likeness (QED) is 0.424. The second-order valence-corrected chi connectivity index (χ2v) is 5.06. The van der Waals surface area contributed by atoms with Gasteiger partial charge in [-0.05, 0) is 17.7 Å². The summed E-state index contributed by atoms with van der Waals surface area (Å²) in [6.45, 7) is 3.50. The Morgan fingerprint density at radius 1 is 1.35 bits per heavy atom. The molecule has 0 radical (unpaired) electrons. The lowest BCUT2D eigenvalue weighted by Crippen LogP contribution is -2.57. The van der Waals surface area contributed by atoms with E-state index in [1.807, 2.05) is 0 Å². The molecule has 2 rings (SSSR count). The van der Waals surface area contributed by atoms with Crippen molar-refractivity contribution in [2.24, 2.45) is 5.73 Å². The molecule has 1 unspecified atom stereocenters. The summed E-state index contributed by atoms with van der Waals surface area (Å²) >= 11 is 0. The topological polar surface area (TPSA) is 98.9 Å². The molecule has 2 N–H and O–H groups in total. The third kappa shape index (κ3) is 4.57. The van der Waals surface area contributed by atoms with Crippen molar-refractivity contribution >= 4 is 17.8 Å². The first-order valence-electron chi connectivity index (χ1n) is 7.09. The summed E-state index contributed by atoms with van der Waals surface area (Å²) in [7, 11) is 0. The van der Waals surface area contributed by atoms with Gasteiger partial charge in [0.2, 0.25) is 11.8 Å². The Balaban J connectivity index is 1.87. The van der Waals surface area contributed by atoms with Gasteiger partial charge in [0.15, 0.2) is 6.23 Å². The standard InChI is InChI=1S/C16H18N2O5/c1-2-7-22-16(21)8-11-3-5-12(6-4-11)23-15-9-14(20)18(15)10-13(17)19/h2-6,15H,1,7-10H2,(H2,17,19). The lowest BCUT2D eigenvalue weighted by molar-refractivity contribution is -0.162.